The predicted octanol–water partition coefficient (Wildman–Crippen LogP) is 0.805. The SMILES string of the molecule is COC(=O)c1cc(N)c[nH]1.Cl. The standard InChI is InChI=1S/C6H8N2O2.ClH/c1-10-6(9)5-2-4(7)3-8-5;/h2-3,8H,7H2,1H3;1H. The number of rotatable bonds is 1. The quantitative estimate of drug-likeness (QED) is 0.622. The topological polar surface area (TPSA) is 68.1 Å². The molecule has 1 rings (SSSR count). The molecule has 5 heteroatoms. The molecular weight excluding hydrogens is 168 g/mol. The molecule has 0 spiro atoms. The Kier molecular flexibility index (Phi) is 3.47. The van der Waals surface area contributed by atoms with Gasteiger partial charge in [-0.15, -0.1) is 12.4 Å². The number of hydrogen-bond donors (Lipinski definition) is 2. The molecule has 1 aromatic heterocycles. The van der Waals surface area contributed by atoms with E-state index in [0.29, 0.717) is 11.4 Å². The summed E-state index contributed by atoms with van der Waals surface area (Å²) in [6.07, 6.45) is 1.53. The molecule has 0 fully saturated rings. The fraction of sp³-hybridized carbons (Fsp3) is 0.167. The van der Waals surface area contributed by atoms with E-state index in [-0.39, 0.29) is 12.4 Å². The Bertz CT molecular complexity index is 246. The van der Waals surface area contributed by atoms with E-state index in [0.717, 1.165) is 0 Å². The number of methoxy groups -OCH3 is 1. The Labute approximate surface area is 70.1 Å². The van der Waals surface area contributed by atoms with Crippen LogP contribution in [-0.4, -0.2) is 18.1 Å². The minimum Gasteiger partial charge on any atom is -0.464 e. The van der Waals surface area contributed by atoms with Crippen molar-refractivity contribution in [3.63, 3.8) is 0 Å². The number of ether oxygens (including phenoxy) is 1. The van der Waals surface area contributed by atoms with Crippen LogP contribution in [0.4, 0.5) is 5.69 Å². The second kappa shape index (κ2) is 3.88. The normalized spacial score (nSPS) is 8.45. The lowest BCUT2D eigenvalue weighted by atomic mass is 10.4. The highest BCUT2D eigenvalue weighted by atomic mass is 35.5. The molecule has 62 valence electrons. The lowest BCUT2D eigenvalue weighted by Gasteiger charge is -1.91. The number of nitrogens with two attached hydrogens (primary N) is 1. The molecule has 0 aliphatic carbocycles. The Morgan fingerprint density at radius 1 is 1.73 bits per heavy atom. The largest absolute Gasteiger partial charge is 0.464 e. The maximum absolute atomic E-state index is 10.7. The van der Waals surface area contributed by atoms with Crippen LogP contribution in [0.1, 0.15) is 10.5 Å². The molecule has 0 aromatic carbocycles. The second-order valence-electron chi connectivity index (χ2n) is 1.84. The first-order valence-corrected chi connectivity index (χ1v) is 2.76. The number of esters is 1. The average molecular weight is 177 g/mol. The fourth-order valence-corrected chi connectivity index (χ4v) is 0.639. The minimum absolute atomic E-state index is 0. The summed E-state index contributed by atoms with van der Waals surface area (Å²) in [5.41, 5.74) is 6.24. The average Bonchev–Trinajstić information content (AvgIpc) is 2.34. The summed E-state index contributed by atoms with van der Waals surface area (Å²) in [5, 5.41) is 0. The van der Waals surface area contributed by atoms with Gasteiger partial charge in [0.15, 0.2) is 0 Å². The molecule has 0 unspecified atom stereocenters. The van der Waals surface area contributed by atoms with Crippen molar-refractivity contribution in [3.05, 3.63) is 18.0 Å². The molecule has 1 heterocycles. The summed E-state index contributed by atoms with van der Waals surface area (Å²) in [4.78, 5) is 13.4. The van der Waals surface area contributed by atoms with Gasteiger partial charge in [-0.3, -0.25) is 0 Å². The fourth-order valence-electron chi connectivity index (χ4n) is 0.639. The third-order valence-electron chi connectivity index (χ3n) is 1.11. The van der Waals surface area contributed by atoms with Crippen LogP contribution in [0, 0.1) is 0 Å². The maximum Gasteiger partial charge on any atom is 0.354 e. The molecule has 0 amide bonds. The summed E-state index contributed by atoms with van der Waals surface area (Å²) in [6.45, 7) is 0. The summed E-state index contributed by atoms with van der Waals surface area (Å²) in [6, 6.07) is 1.52. The van der Waals surface area contributed by atoms with Gasteiger partial charge in [0.2, 0.25) is 0 Å². The van der Waals surface area contributed by atoms with Gasteiger partial charge in [-0.2, -0.15) is 0 Å². The maximum atomic E-state index is 10.7. The number of nitrogens with one attached hydrogen (secondary N) is 1. The van der Waals surface area contributed by atoms with Crippen LogP contribution in [0.3, 0.4) is 0 Å². The molecule has 0 saturated carbocycles. The van der Waals surface area contributed by atoms with Gasteiger partial charge in [0, 0.05) is 6.20 Å². The van der Waals surface area contributed by atoms with Crippen molar-refractivity contribution in [2.75, 3.05) is 12.8 Å². The molecule has 1 aromatic rings. The highest BCUT2D eigenvalue weighted by molar-refractivity contribution is 5.88. The molecule has 0 atom stereocenters. The number of hydrogen-bond acceptors (Lipinski definition) is 3. The molecule has 11 heavy (non-hydrogen) atoms. The molecule has 0 radical (unpaired) electrons. The molecule has 0 aliphatic rings. The highest BCUT2D eigenvalue weighted by Crippen LogP contribution is 2.04. The zero-order valence-corrected chi connectivity index (χ0v) is 6.77. The second-order valence-corrected chi connectivity index (χ2v) is 1.84. The Hall–Kier alpha value is -1.16. The summed E-state index contributed by atoms with van der Waals surface area (Å²) in [5.74, 6) is -0.406. The van der Waals surface area contributed by atoms with Crippen LogP contribution < -0.4 is 5.73 Å². The number of nitrogen functional groups attached to an aromatic ring is 1. The summed E-state index contributed by atoms with van der Waals surface area (Å²) >= 11 is 0. The van der Waals surface area contributed by atoms with Crippen molar-refractivity contribution < 1.29 is 9.53 Å². The third kappa shape index (κ3) is 2.16. The number of halogens is 1. The molecule has 0 aliphatic heterocycles. The van der Waals surface area contributed by atoms with Crippen LogP contribution in [0.2, 0.25) is 0 Å². The van der Waals surface area contributed by atoms with Crippen molar-refractivity contribution in [2.24, 2.45) is 0 Å². The van der Waals surface area contributed by atoms with Gasteiger partial charge in [-0.25, -0.2) is 4.79 Å². The van der Waals surface area contributed by atoms with E-state index in [1.54, 1.807) is 0 Å². The van der Waals surface area contributed by atoms with Crippen molar-refractivity contribution in [3.8, 4) is 0 Å². The highest BCUT2D eigenvalue weighted by Gasteiger charge is 2.05. The first-order valence-electron chi connectivity index (χ1n) is 2.76. The van der Waals surface area contributed by atoms with Crippen LogP contribution >= 0.6 is 12.4 Å². The van der Waals surface area contributed by atoms with E-state index in [1.165, 1.54) is 19.4 Å². The first kappa shape index (κ1) is 9.84. The van der Waals surface area contributed by atoms with Crippen LogP contribution in [-0.2, 0) is 4.74 Å². The molecule has 0 bridgehead atoms. The van der Waals surface area contributed by atoms with E-state index in [4.69, 9.17) is 5.73 Å². The number of carbonyl (C=O) groups excluding carboxylic acids is 1. The summed E-state index contributed by atoms with van der Waals surface area (Å²) < 4.78 is 4.42. The van der Waals surface area contributed by atoms with E-state index in [9.17, 15) is 4.79 Å². The van der Waals surface area contributed by atoms with Gasteiger partial charge < -0.3 is 15.5 Å². The monoisotopic (exact) mass is 176 g/mol. The van der Waals surface area contributed by atoms with Gasteiger partial charge in [-0.1, -0.05) is 0 Å². The third-order valence-corrected chi connectivity index (χ3v) is 1.11. The minimum atomic E-state index is -0.406. The number of aromatic amines is 1. The van der Waals surface area contributed by atoms with E-state index in [1.807, 2.05) is 0 Å². The first-order chi connectivity index (χ1) is 4.74. The van der Waals surface area contributed by atoms with Crippen LogP contribution in [0.25, 0.3) is 0 Å². The molecule has 4 nitrogen and oxygen atoms in total. The Morgan fingerprint density at radius 3 is 2.73 bits per heavy atom. The number of anilines is 1. The van der Waals surface area contributed by atoms with Gasteiger partial charge in [0.05, 0.1) is 12.8 Å². The molecular formula is C6H9ClN2O2. The van der Waals surface area contributed by atoms with Crippen molar-refractivity contribution in [1.82, 2.24) is 4.98 Å². The van der Waals surface area contributed by atoms with Crippen molar-refractivity contribution >= 4 is 24.1 Å². The summed E-state index contributed by atoms with van der Waals surface area (Å²) in [7, 11) is 1.32. The zero-order valence-electron chi connectivity index (χ0n) is 5.96. The van der Waals surface area contributed by atoms with Crippen LogP contribution in [0.5, 0.6) is 0 Å². The van der Waals surface area contributed by atoms with E-state index >= 15 is 0 Å². The number of H-pyrrole nitrogens is 1. The van der Waals surface area contributed by atoms with Crippen molar-refractivity contribution in [2.45, 2.75) is 0 Å². The van der Waals surface area contributed by atoms with Gasteiger partial charge in [-0.05, 0) is 6.07 Å². The van der Waals surface area contributed by atoms with Gasteiger partial charge in [0.25, 0.3) is 0 Å². The Morgan fingerprint density at radius 2 is 2.36 bits per heavy atom. The zero-order chi connectivity index (χ0) is 7.56. The van der Waals surface area contributed by atoms with Gasteiger partial charge >= 0.3 is 5.97 Å². The number of carbonyl (C=O) groups is 1. The van der Waals surface area contributed by atoms with Gasteiger partial charge in [0.1, 0.15) is 5.69 Å². The lowest BCUT2D eigenvalue weighted by molar-refractivity contribution is 0.0595. The predicted molar refractivity (Wildman–Crippen MR) is 43.8 cm³/mol. The van der Waals surface area contributed by atoms with Crippen LogP contribution in [0.15, 0.2) is 12.3 Å². The number of aromatic nitrogens is 1. The molecule has 3 N–H and O–H groups in total. The Balaban J connectivity index is 0.000001000. The van der Waals surface area contributed by atoms with Crippen molar-refractivity contribution in [1.29, 1.82) is 0 Å². The lowest BCUT2D eigenvalue weighted by Crippen LogP contribution is -2.00. The smallest absolute Gasteiger partial charge is 0.354 e. The van der Waals surface area contributed by atoms with E-state index < -0.39 is 5.97 Å². The van der Waals surface area contributed by atoms with E-state index in [2.05, 4.69) is 9.72 Å². The molecule has 0 saturated heterocycles.